The molecule has 3 heteroatoms. The summed E-state index contributed by atoms with van der Waals surface area (Å²) in [6.07, 6.45) is 0. The van der Waals surface area contributed by atoms with E-state index in [1.54, 1.807) is 7.11 Å². The third-order valence-corrected chi connectivity index (χ3v) is 8.63. The molecule has 0 aliphatic carbocycles. The van der Waals surface area contributed by atoms with Gasteiger partial charge in [-0.15, -0.1) is 0 Å². The maximum Gasteiger partial charge on any atom is 0.146 e. The number of aromatic nitrogens is 2. The Morgan fingerprint density at radius 2 is 1.10 bits per heavy atom. The van der Waals surface area contributed by atoms with E-state index in [0.717, 1.165) is 33.5 Å². The zero-order valence-corrected chi connectivity index (χ0v) is 22.4. The number of rotatable bonds is 2. The van der Waals surface area contributed by atoms with Gasteiger partial charge in [-0.1, -0.05) is 91.0 Å². The van der Waals surface area contributed by atoms with Crippen molar-refractivity contribution < 1.29 is 4.74 Å². The van der Waals surface area contributed by atoms with Crippen LogP contribution in [-0.4, -0.2) is 16.7 Å². The van der Waals surface area contributed by atoms with E-state index in [1.165, 1.54) is 53.9 Å². The highest BCUT2D eigenvalue weighted by atomic mass is 16.5. The van der Waals surface area contributed by atoms with E-state index in [0.29, 0.717) is 0 Å². The predicted molar refractivity (Wildman–Crippen MR) is 173 cm³/mol. The van der Waals surface area contributed by atoms with E-state index in [1.807, 2.05) is 6.07 Å². The minimum Gasteiger partial charge on any atom is -0.497 e. The largest absolute Gasteiger partial charge is 0.497 e. The van der Waals surface area contributed by atoms with Crippen molar-refractivity contribution in [3.8, 4) is 11.6 Å². The average Bonchev–Trinajstić information content (AvgIpc) is 3.37. The van der Waals surface area contributed by atoms with Crippen LogP contribution in [-0.2, 0) is 0 Å². The predicted octanol–water partition coefficient (Wildman–Crippen LogP) is 9.95. The first kappa shape index (κ1) is 22.4. The van der Waals surface area contributed by atoms with Crippen LogP contribution in [0, 0.1) is 0 Å². The van der Waals surface area contributed by atoms with Crippen LogP contribution < -0.4 is 4.74 Å². The molecule has 3 nitrogen and oxygen atoms in total. The molecule has 0 unspecified atom stereocenters. The van der Waals surface area contributed by atoms with Crippen molar-refractivity contribution >= 4 is 75.8 Å². The van der Waals surface area contributed by atoms with Crippen LogP contribution >= 0.6 is 0 Å². The van der Waals surface area contributed by atoms with Crippen molar-refractivity contribution in [2.75, 3.05) is 7.11 Å². The fourth-order valence-corrected chi connectivity index (χ4v) is 6.81. The van der Waals surface area contributed by atoms with Gasteiger partial charge in [0, 0.05) is 33.0 Å². The standard InChI is InChI=1S/C38H24N2O/c1-41-26-18-20-30-29-12-6-7-13-33(29)40(34(30)22-26)38-31-19-16-24-9-3-5-11-28(24)36(31)37-32(39-38)21-17-25-15-14-23-8-2-4-10-27(23)35(25)37/h2-22H,1H3. The lowest BCUT2D eigenvalue weighted by Crippen LogP contribution is -2.01. The molecule has 0 amide bonds. The van der Waals surface area contributed by atoms with Crippen molar-refractivity contribution in [1.82, 2.24) is 9.55 Å². The summed E-state index contributed by atoms with van der Waals surface area (Å²) in [4.78, 5) is 5.49. The summed E-state index contributed by atoms with van der Waals surface area (Å²) in [5, 5.41) is 13.4. The summed E-state index contributed by atoms with van der Waals surface area (Å²) in [5.74, 6) is 1.76. The van der Waals surface area contributed by atoms with Gasteiger partial charge in [0.05, 0.1) is 23.7 Å². The molecule has 0 saturated heterocycles. The Morgan fingerprint density at radius 3 is 1.90 bits per heavy atom. The molecule has 0 bridgehead atoms. The van der Waals surface area contributed by atoms with Crippen LogP contribution in [0.4, 0.5) is 0 Å². The Labute approximate surface area is 235 Å². The third kappa shape index (κ3) is 3.06. The maximum absolute atomic E-state index is 5.68. The minimum absolute atomic E-state index is 0.828. The van der Waals surface area contributed by atoms with Crippen LogP contribution in [0.3, 0.4) is 0 Å². The molecular formula is C38H24N2O. The number of nitrogens with zero attached hydrogens (tertiary/aromatic N) is 2. The van der Waals surface area contributed by atoms with Gasteiger partial charge in [-0.25, -0.2) is 4.98 Å². The Hall–Kier alpha value is -5.41. The smallest absolute Gasteiger partial charge is 0.146 e. The van der Waals surface area contributed by atoms with Gasteiger partial charge in [0.25, 0.3) is 0 Å². The molecule has 0 saturated carbocycles. The number of para-hydroxylation sites is 1. The highest BCUT2D eigenvalue weighted by Gasteiger charge is 2.20. The fraction of sp³-hybridized carbons (Fsp3) is 0.0263. The molecule has 9 aromatic rings. The van der Waals surface area contributed by atoms with E-state index in [-0.39, 0.29) is 0 Å². The first-order valence-electron chi connectivity index (χ1n) is 13.9. The van der Waals surface area contributed by atoms with Gasteiger partial charge in [-0.2, -0.15) is 0 Å². The van der Waals surface area contributed by atoms with Crippen LogP contribution in [0.2, 0.25) is 0 Å². The van der Waals surface area contributed by atoms with Crippen molar-refractivity contribution in [3.05, 3.63) is 127 Å². The fourth-order valence-electron chi connectivity index (χ4n) is 6.81. The number of methoxy groups -OCH3 is 1. The van der Waals surface area contributed by atoms with E-state index in [9.17, 15) is 0 Å². The number of benzene rings is 7. The summed E-state index contributed by atoms with van der Waals surface area (Å²) >= 11 is 0. The number of ether oxygens (including phenoxy) is 1. The SMILES string of the molecule is COc1ccc2c3ccccc3n(-c3nc4ccc5ccc6ccccc6c5c4c4c3ccc3ccccc34)c2c1. The average molecular weight is 525 g/mol. The van der Waals surface area contributed by atoms with Gasteiger partial charge in [-0.3, -0.25) is 4.57 Å². The normalized spacial score (nSPS) is 12.0. The number of pyridine rings is 1. The zero-order chi connectivity index (χ0) is 27.1. The van der Waals surface area contributed by atoms with Gasteiger partial charge < -0.3 is 4.74 Å². The van der Waals surface area contributed by atoms with Gasteiger partial charge in [0.1, 0.15) is 11.6 Å². The second-order valence-electron chi connectivity index (χ2n) is 10.7. The summed E-state index contributed by atoms with van der Waals surface area (Å²) in [6.45, 7) is 0. The lowest BCUT2D eigenvalue weighted by molar-refractivity contribution is 0.415. The summed E-state index contributed by atoms with van der Waals surface area (Å²) < 4.78 is 8.00. The van der Waals surface area contributed by atoms with Crippen molar-refractivity contribution in [2.45, 2.75) is 0 Å². The zero-order valence-electron chi connectivity index (χ0n) is 22.4. The number of fused-ring (bicyclic) bond motifs is 12. The molecule has 9 rings (SSSR count). The Bertz CT molecular complexity index is 2520. The molecule has 0 radical (unpaired) electrons. The molecule has 41 heavy (non-hydrogen) atoms. The van der Waals surface area contributed by atoms with Gasteiger partial charge in [0.2, 0.25) is 0 Å². The number of hydrogen-bond acceptors (Lipinski definition) is 2. The highest BCUT2D eigenvalue weighted by molar-refractivity contribution is 6.32. The lowest BCUT2D eigenvalue weighted by atomic mass is 9.92. The minimum atomic E-state index is 0.828. The molecular weight excluding hydrogens is 500 g/mol. The molecule has 2 heterocycles. The molecule has 0 aliphatic rings. The second kappa shape index (κ2) is 8.30. The topological polar surface area (TPSA) is 27.1 Å². The first-order chi connectivity index (χ1) is 20.3. The molecule has 0 aliphatic heterocycles. The molecule has 0 spiro atoms. The molecule has 192 valence electrons. The van der Waals surface area contributed by atoms with E-state index >= 15 is 0 Å². The highest BCUT2D eigenvalue weighted by Crippen LogP contribution is 2.42. The van der Waals surface area contributed by atoms with Gasteiger partial charge in [-0.05, 0) is 62.6 Å². The summed E-state index contributed by atoms with van der Waals surface area (Å²) in [6, 6.07) is 45.6. The van der Waals surface area contributed by atoms with Crippen LogP contribution in [0.1, 0.15) is 0 Å². The maximum atomic E-state index is 5.68. The second-order valence-corrected chi connectivity index (χ2v) is 10.7. The quantitative estimate of drug-likeness (QED) is 0.210. The Balaban J connectivity index is 1.57. The van der Waals surface area contributed by atoms with Crippen molar-refractivity contribution in [1.29, 1.82) is 0 Å². The van der Waals surface area contributed by atoms with Crippen molar-refractivity contribution in [3.63, 3.8) is 0 Å². The van der Waals surface area contributed by atoms with Crippen molar-refractivity contribution in [2.24, 2.45) is 0 Å². The third-order valence-electron chi connectivity index (χ3n) is 8.63. The molecule has 0 N–H and O–H groups in total. The Kier molecular flexibility index (Phi) is 4.53. The van der Waals surface area contributed by atoms with Crippen LogP contribution in [0.5, 0.6) is 5.75 Å². The van der Waals surface area contributed by atoms with Crippen LogP contribution in [0.25, 0.3) is 81.6 Å². The lowest BCUT2D eigenvalue weighted by Gasteiger charge is -2.17. The Morgan fingerprint density at radius 1 is 0.488 bits per heavy atom. The molecule has 0 atom stereocenters. The van der Waals surface area contributed by atoms with E-state index in [4.69, 9.17) is 9.72 Å². The monoisotopic (exact) mass is 524 g/mol. The molecule has 0 fully saturated rings. The van der Waals surface area contributed by atoms with E-state index < -0.39 is 0 Å². The van der Waals surface area contributed by atoms with Gasteiger partial charge in [0.15, 0.2) is 0 Å². The summed E-state index contributed by atoms with van der Waals surface area (Å²) in [7, 11) is 1.72. The van der Waals surface area contributed by atoms with E-state index in [2.05, 4.69) is 126 Å². The molecule has 7 aromatic carbocycles. The van der Waals surface area contributed by atoms with Crippen LogP contribution in [0.15, 0.2) is 127 Å². The number of hydrogen-bond donors (Lipinski definition) is 0. The van der Waals surface area contributed by atoms with Gasteiger partial charge >= 0.3 is 0 Å². The first-order valence-corrected chi connectivity index (χ1v) is 13.9. The summed E-state index contributed by atoms with van der Waals surface area (Å²) in [5.41, 5.74) is 3.20. The molecule has 2 aromatic heterocycles.